The number of carbonyl (C=O) groups excluding carboxylic acids is 2. The first-order valence-corrected chi connectivity index (χ1v) is 4.66. The second-order valence-electron chi connectivity index (χ2n) is 4.87. The minimum atomic E-state index is -0.582. The molecule has 0 radical (unpaired) electrons. The summed E-state index contributed by atoms with van der Waals surface area (Å²) in [6, 6.07) is -1.09. The van der Waals surface area contributed by atoms with Crippen LogP contribution in [0.25, 0.3) is 0 Å². The fraction of sp³-hybridized carbons (Fsp3) is 0.778. The number of hydrogen-bond acceptors (Lipinski definition) is 2. The Morgan fingerprint density at radius 1 is 1.43 bits per heavy atom. The molecule has 2 atom stereocenters. The highest BCUT2D eigenvalue weighted by Gasteiger charge is 2.37. The summed E-state index contributed by atoms with van der Waals surface area (Å²) in [7, 11) is 0. The van der Waals surface area contributed by atoms with Gasteiger partial charge in [-0.15, -0.1) is 0 Å². The number of urea groups is 1. The van der Waals surface area contributed by atoms with E-state index in [0.29, 0.717) is 0 Å². The molecule has 1 aliphatic heterocycles. The van der Waals surface area contributed by atoms with Crippen molar-refractivity contribution in [3.63, 3.8) is 0 Å². The van der Waals surface area contributed by atoms with Crippen LogP contribution in [0, 0.1) is 5.41 Å². The Kier molecular flexibility index (Phi) is 2.69. The topological polar surface area (TPSA) is 84.2 Å². The van der Waals surface area contributed by atoms with Gasteiger partial charge in [0.1, 0.15) is 6.04 Å². The van der Waals surface area contributed by atoms with Gasteiger partial charge in [0, 0.05) is 0 Å². The molecule has 0 aliphatic carbocycles. The summed E-state index contributed by atoms with van der Waals surface area (Å²) < 4.78 is 0. The van der Waals surface area contributed by atoms with Gasteiger partial charge in [0.25, 0.3) is 0 Å². The molecule has 1 rings (SSSR count). The SMILES string of the molecule is CC(C)(C)CC1NC(=O)NC1C(N)=O. The van der Waals surface area contributed by atoms with E-state index in [4.69, 9.17) is 5.73 Å². The molecule has 5 heteroatoms. The van der Waals surface area contributed by atoms with E-state index in [-0.39, 0.29) is 17.5 Å². The number of primary amides is 1. The van der Waals surface area contributed by atoms with Crippen LogP contribution in [-0.2, 0) is 4.79 Å². The van der Waals surface area contributed by atoms with Gasteiger partial charge in [-0.2, -0.15) is 0 Å². The predicted molar refractivity (Wildman–Crippen MR) is 52.5 cm³/mol. The Balaban J connectivity index is 2.67. The van der Waals surface area contributed by atoms with Crippen molar-refractivity contribution in [3.05, 3.63) is 0 Å². The molecule has 1 saturated heterocycles. The molecule has 80 valence electrons. The second-order valence-corrected chi connectivity index (χ2v) is 4.87. The van der Waals surface area contributed by atoms with Gasteiger partial charge in [-0.1, -0.05) is 20.8 Å². The third kappa shape index (κ3) is 2.61. The molecule has 5 nitrogen and oxygen atoms in total. The van der Waals surface area contributed by atoms with Crippen molar-refractivity contribution in [2.75, 3.05) is 0 Å². The Morgan fingerprint density at radius 2 is 2.00 bits per heavy atom. The van der Waals surface area contributed by atoms with Crippen LogP contribution >= 0.6 is 0 Å². The van der Waals surface area contributed by atoms with E-state index in [1.165, 1.54) is 0 Å². The number of amides is 3. The van der Waals surface area contributed by atoms with Crippen molar-refractivity contribution in [3.8, 4) is 0 Å². The van der Waals surface area contributed by atoms with Crippen LogP contribution in [-0.4, -0.2) is 24.0 Å². The fourth-order valence-corrected chi connectivity index (χ4v) is 1.63. The minimum absolute atomic E-state index is 0.0532. The number of nitrogens with two attached hydrogens (primary N) is 1. The summed E-state index contributed by atoms with van der Waals surface area (Å²) in [5, 5.41) is 5.19. The first kappa shape index (κ1) is 10.8. The first-order valence-electron chi connectivity index (χ1n) is 4.66. The maximum atomic E-state index is 11.0. The summed E-state index contributed by atoms with van der Waals surface area (Å²) in [6.07, 6.45) is 0.722. The van der Waals surface area contributed by atoms with Crippen LogP contribution in [0.15, 0.2) is 0 Å². The lowest BCUT2D eigenvalue weighted by Gasteiger charge is -2.24. The van der Waals surface area contributed by atoms with Crippen molar-refractivity contribution in [1.82, 2.24) is 10.6 Å². The van der Waals surface area contributed by atoms with Crippen LogP contribution in [0.5, 0.6) is 0 Å². The quantitative estimate of drug-likeness (QED) is 0.583. The number of hydrogen-bond donors (Lipinski definition) is 3. The van der Waals surface area contributed by atoms with Gasteiger partial charge >= 0.3 is 6.03 Å². The van der Waals surface area contributed by atoms with Gasteiger partial charge in [-0.3, -0.25) is 4.79 Å². The molecule has 0 aromatic carbocycles. The van der Waals surface area contributed by atoms with Gasteiger partial charge < -0.3 is 16.4 Å². The molecule has 0 aromatic rings. The lowest BCUT2D eigenvalue weighted by atomic mass is 9.86. The smallest absolute Gasteiger partial charge is 0.315 e. The lowest BCUT2D eigenvalue weighted by Crippen LogP contribution is -2.46. The fourth-order valence-electron chi connectivity index (χ4n) is 1.63. The number of rotatable bonds is 2. The third-order valence-electron chi connectivity index (χ3n) is 2.14. The maximum Gasteiger partial charge on any atom is 0.315 e. The van der Waals surface area contributed by atoms with Gasteiger partial charge in [0.05, 0.1) is 6.04 Å². The molecular formula is C9H17N3O2. The summed E-state index contributed by atoms with van der Waals surface area (Å²) in [5.74, 6) is -0.488. The highest BCUT2D eigenvalue weighted by atomic mass is 16.2. The van der Waals surface area contributed by atoms with Gasteiger partial charge in [-0.25, -0.2) is 4.79 Å². The maximum absolute atomic E-state index is 11.0. The Morgan fingerprint density at radius 3 is 2.43 bits per heavy atom. The van der Waals surface area contributed by atoms with E-state index < -0.39 is 11.9 Å². The van der Waals surface area contributed by atoms with Gasteiger partial charge in [0.15, 0.2) is 0 Å². The molecule has 14 heavy (non-hydrogen) atoms. The molecule has 1 aliphatic rings. The van der Waals surface area contributed by atoms with Crippen molar-refractivity contribution in [1.29, 1.82) is 0 Å². The molecule has 3 amide bonds. The van der Waals surface area contributed by atoms with Crippen molar-refractivity contribution in [2.45, 2.75) is 39.3 Å². The van der Waals surface area contributed by atoms with E-state index >= 15 is 0 Å². The third-order valence-corrected chi connectivity index (χ3v) is 2.14. The average molecular weight is 199 g/mol. The zero-order valence-electron chi connectivity index (χ0n) is 8.76. The van der Waals surface area contributed by atoms with E-state index in [1.54, 1.807) is 0 Å². The molecule has 0 bridgehead atoms. The Hall–Kier alpha value is -1.26. The van der Waals surface area contributed by atoms with Gasteiger partial charge in [-0.05, 0) is 11.8 Å². The largest absolute Gasteiger partial charge is 0.368 e. The number of carbonyl (C=O) groups is 2. The van der Waals surface area contributed by atoms with Gasteiger partial charge in [0.2, 0.25) is 5.91 Å². The summed E-state index contributed by atoms with van der Waals surface area (Å²) in [4.78, 5) is 22.0. The van der Waals surface area contributed by atoms with Crippen molar-refractivity contribution >= 4 is 11.9 Å². The van der Waals surface area contributed by atoms with Crippen molar-refractivity contribution < 1.29 is 9.59 Å². The molecule has 0 aromatic heterocycles. The summed E-state index contributed by atoms with van der Waals surface area (Å²) >= 11 is 0. The molecule has 0 spiro atoms. The molecule has 0 saturated carbocycles. The van der Waals surface area contributed by atoms with Crippen LogP contribution < -0.4 is 16.4 Å². The van der Waals surface area contributed by atoms with Crippen molar-refractivity contribution in [2.24, 2.45) is 11.1 Å². The van der Waals surface area contributed by atoms with E-state index in [2.05, 4.69) is 31.4 Å². The monoisotopic (exact) mass is 199 g/mol. The normalized spacial score (nSPS) is 26.9. The van der Waals surface area contributed by atoms with E-state index in [1.807, 2.05) is 0 Å². The average Bonchev–Trinajstić information content (AvgIpc) is 2.27. The molecule has 2 unspecified atom stereocenters. The van der Waals surface area contributed by atoms with Crippen LogP contribution in [0.1, 0.15) is 27.2 Å². The summed E-state index contributed by atoms with van der Waals surface area (Å²) in [6.45, 7) is 6.15. The standard InChI is InChI=1S/C9H17N3O2/c1-9(2,3)4-5-6(7(10)13)12-8(14)11-5/h5-6H,4H2,1-3H3,(H2,10,13)(H2,11,12,14). The number of nitrogens with one attached hydrogen (secondary N) is 2. The summed E-state index contributed by atoms with van der Waals surface area (Å²) in [5.41, 5.74) is 5.23. The zero-order valence-corrected chi connectivity index (χ0v) is 8.76. The van der Waals surface area contributed by atoms with E-state index in [9.17, 15) is 9.59 Å². The van der Waals surface area contributed by atoms with E-state index in [0.717, 1.165) is 6.42 Å². The second kappa shape index (κ2) is 3.48. The Bertz CT molecular complexity index is 257. The van der Waals surface area contributed by atoms with Crippen LogP contribution in [0.4, 0.5) is 4.79 Å². The lowest BCUT2D eigenvalue weighted by molar-refractivity contribution is -0.120. The Labute approximate surface area is 83.4 Å². The molecule has 1 heterocycles. The zero-order chi connectivity index (χ0) is 10.9. The molecule has 4 N–H and O–H groups in total. The highest BCUT2D eigenvalue weighted by Crippen LogP contribution is 2.23. The minimum Gasteiger partial charge on any atom is -0.368 e. The predicted octanol–water partition coefficient (Wildman–Crippen LogP) is -0.0421. The van der Waals surface area contributed by atoms with Crippen LogP contribution in [0.3, 0.4) is 0 Å². The molecule has 1 fully saturated rings. The van der Waals surface area contributed by atoms with Crippen LogP contribution in [0.2, 0.25) is 0 Å². The highest BCUT2D eigenvalue weighted by molar-refractivity contribution is 5.90. The first-order chi connectivity index (χ1) is 6.29. The molecular weight excluding hydrogens is 182 g/mol.